The molecule has 0 amide bonds. The van der Waals surface area contributed by atoms with E-state index in [1.807, 2.05) is 25.1 Å². The van der Waals surface area contributed by atoms with E-state index in [0.717, 1.165) is 28.0 Å². The number of benzene rings is 1. The monoisotopic (exact) mass is 298 g/mol. The third-order valence-corrected chi connectivity index (χ3v) is 3.67. The van der Waals surface area contributed by atoms with Crippen LogP contribution in [0.1, 0.15) is 17.5 Å². The van der Waals surface area contributed by atoms with Crippen LogP contribution in [-0.4, -0.2) is 38.3 Å². The minimum Gasteiger partial charge on any atom is -0.481 e. The van der Waals surface area contributed by atoms with Crippen molar-refractivity contribution in [3.8, 4) is 0 Å². The molecular formula is C12H16N3O4S+. The van der Waals surface area contributed by atoms with Crippen molar-refractivity contribution >= 4 is 34.2 Å². The highest BCUT2D eigenvalue weighted by Gasteiger charge is 2.17. The molecule has 20 heavy (non-hydrogen) atoms. The van der Waals surface area contributed by atoms with Gasteiger partial charge in [-0.2, -0.15) is 10.6 Å². The molecule has 6 N–H and O–H groups in total. The first-order chi connectivity index (χ1) is 9.10. The molecule has 1 aliphatic rings. The highest BCUT2D eigenvalue weighted by atomic mass is 32.2. The first-order valence-electron chi connectivity index (χ1n) is 5.66. The average Bonchev–Trinajstić information content (AvgIpc) is 2.86. The van der Waals surface area contributed by atoms with E-state index in [4.69, 9.17) is 10.3 Å². The molecule has 0 atom stereocenters. The number of hydrogen-bond acceptors (Lipinski definition) is 5. The van der Waals surface area contributed by atoms with Gasteiger partial charge in [-0.05, 0) is 6.92 Å². The predicted octanol–water partition coefficient (Wildman–Crippen LogP) is 0.0785. The van der Waals surface area contributed by atoms with Crippen LogP contribution in [0.5, 0.6) is 0 Å². The van der Waals surface area contributed by atoms with Gasteiger partial charge in [0, 0.05) is 23.6 Å². The number of carboxylic acids is 1. The van der Waals surface area contributed by atoms with Crippen molar-refractivity contribution in [3.05, 3.63) is 29.3 Å². The molecule has 1 heterocycles. The number of aliphatic carboxylic acids is 1. The van der Waals surface area contributed by atoms with E-state index in [0.29, 0.717) is 11.5 Å². The highest BCUT2D eigenvalue weighted by Crippen LogP contribution is 2.20. The van der Waals surface area contributed by atoms with Crippen molar-refractivity contribution < 1.29 is 26.1 Å². The van der Waals surface area contributed by atoms with Crippen LogP contribution in [0.2, 0.25) is 0 Å². The van der Waals surface area contributed by atoms with Gasteiger partial charge in [-0.15, -0.1) is 5.10 Å². The second-order valence-corrected chi connectivity index (χ2v) is 5.15. The zero-order valence-electron chi connectivity index (χ0n) is 10.8. The van der Waals surface area contributed by atoms with Gasteiger partial charge in [0.15, 0.2) is 5.69 Å². The molecule has 0 saturated carbocycles. The van der Waals surface area contributed by atoms with Gasteiger partial charge in [0.05, 0.1) is 11.5 Å². The lowest BCUT2D eigenvalue weighted by molar-refractivity contribution is -0.826. The SMILES string of the molecule is Cc1ccc(C2=NN=C(SCC(=O)O)C2)cc1[NH2+]O.O. The molecule has 0 radical (unpaired) electrons. The maximum atomic E-state index is 10.5. The molecule has 0 fully saturated rings. The molecule has 8 heteroatoms. The maximum absolute atomic E-state index is 10.5. The van der Waals surface area contributed by atoms with Gasteiger partial charge < -0.3 is 10.6 Å². The topological polar surface area (TPSA) is 130 Å². The molecule has 0 unspecified atom stereocenters. The summed E-state index contributed by atoms with van der Waals surface area (Å²) in [6.07, 6.45) is 0.534. The van der Waals surface area contributed by atoms with Gasteiger partial charge in [-0.3, -0.25) is 4.79 Å². The molecule has 0 aromatic heterocycles. The zero-order chi connectivity index (χ0) is 13.8. The number of nitrogens with two attached hydrogens (primary N) is 1. The second-order valence-electron chi connectivity index (χ2n) is 4.10. The predicted molar refractivity (Wildman–Crippen MR) is 76.8 cm³/mol. The van der Waals surface area contributed by atoms with Crippen LogP contribution in [0.25, 0.3) is 0 Å². The number of rotatable bonds is 4. The minimum absolute atomic E-state index is 0. The third kappa shape index (κ3) is 3.87. The summed E-state index contributed by atoms with van der Waals surface area (Å²) in [5.74, 6) is -0.876. The Morgan fingerprint density at radius 1 is 1.45 bits per heavy atom. The van der Waals surface area contributed by atoms with Crippen LogP contribution in [-0.2, 0) is 4.79 Å². The molecule has 1 aliphatic heterocycles. The van der Waals surface area contributed by atoms with Gasteiger partial charge in [-0.1, -0.05) is 23.9 Å². The van der Waals surface area contributed by atoms with E-state index in [1.54, 1.807) is 0 Å². The van der Waals surface area contributed by atoms with Crippen molar-refractivity contribution in [1.29, 1.82) is 0 Å². The summed E-state index contributed by atoms with van der Waals surface area (Å²) in [5.41, 5.74) is 4.46. The maximum Gasteiger partial charge on any atom is 0.313 e. The van der Waals surface area contributed by atoms with Gasteiger partial charge in [0.25, 0.3) is 0 Å². The van der Waals surface area contributed by atoms with Crippen molar-refractivity contribution in [2.24, 2.45) is 10.2 Å². The number of nitrogens with zero attached hydrogens (tertiary/aromatic N) is 2. The molecule has 1 aromatic carbocycles. The van der Waals surface area contributed by atoms with Crippen molar-refractivity contribution in [1.82, 2.24) is 0 Å². The number of quaternary nitrogens is 1. The molecule has 0 saturated heterocycles. The Kier molecular flexibility index (Phi) is 5.83. The molecule has 2 rings (SSSR count). The summed E-state index contributed by atoms with van der Waals surface area (Å²) < 4.78 is 0. The first kappa shape index (κ1) is 16.3. The molecule has 0 bridgehead atoms. The highest BCUT2D eigenvalue weighted by molar-refractivity contribution is 8.14. The zero-order valence-corrected chi connectivity index (χ0v) is 11.6. The summed E-state index contributed by atoms with van der Waals surface area (Å²) in [6.45, 7) is 1.91. The van der Waals surface area contributed by atoms with E-state index < -0.39 is 5.97 Å². The summed E-state index contributed by atoms with van der Waals surface area (Å²) in [7, 11) is 0. The lowest BCUT2D eigenvalue weighted by atomic mass is 10.0. The first-order valence-corrected chi connectivity index (χ1v) is 6.65. The van der Waals surface area contributed by atoms with Crippen LogP contribution in [0.4, 0.5) is 5.69 Å². The molecule has 0 aliphatic carbocycles. The lowest BCUT2D eigenvalue weighted by Gasteiger charge is -2.03. The van der Waals surface area contributed by atoms with E-state index in [9.17, 15) is 4.79 Å². The van der Waals surface area contributed by atoms with Crippen LogP contribution in [0.15, 0.2) is 28.4 Å². The number of carbonyl (C=O) groups is 1. The van der Waals surface area contributed by atoms with Crippen LogP contribution >= 0.6 is 11.8 Å². The molecular weight excluding hydrogens is 282 g/mol. The van der Waals surface area contributed by atoms with Crippen LogP contribution < -0.4 is 5.48 Å². The fourth-order valence-electron chi connectivity index (χ4n) is 1.67. The van der Waals surface area contributed by atoms with Gasteiger partial charge in [-0.25, -0.2) is 5.21 Å². The standard InChI is InChI=1S/C12H13N3O3S.H2O/c1-7-2-3-8(4-9(7)15-18)10-5-11(14-13-10)19-6-12(16)17;/h2-4,15,18H,5-6H2,1H3,(H,16,17);1H2/p+1. The fraction of sp³-hybridized carbons (Fsp3) is 0.250. The fourth-order valence-corrected chi connectivity index (χ4v) is 2.30. The Morgan fingerprint density at radius 3 is 2.85 bits per heavy atom. The summed E-state index contributed by atoms with van der Waals surface area (Å²) >= 11 is 1.18. The summed E-state index contributed by atoms with van der Waals surface area (Å²) in [5, 5.41) is 26.5. The van der Waals surface area contributed by atoms with E-state index in [1.165, 1.54) is 11.8 Å². The normalized spacial score (nSPS) is 13.5. The largest absolute Gasteiger partial charge is 0.481 e. The van der Waals surface area contributed by atoms with Crippen LogP contribution in [0.3, 0.4) is 0 Å². The molecule has 1 aromatic rings. The van der Waals surface area contributed by atoms with E-state index in [-0.39, 0.29) is 11.2 Å². The summed E-state index contributed by atoms with van der Waals surface area (Å²) in [6, 6.07) is 5.66. The van der Waals surface area contributed by atoms with E-state index in [2.05, 4.69) is 10.2 Å². The van der Waals surface area contributed by atoms with Crippen molar-refractivity contribution in [3.63, 3.8) is 0 Å². The number of carboxylic acid groups (broad SMARTS) is 1. The summed E-state index contributed by atoms with van der Waals surface area (Å²) in [4.78, 5) is 10.5. The Bertz CT molecular complexity index is 572. The van der Waals surface area contributed by atoms with Gasteiger partial charge in [0.1, 0.15) is 5.04 Å². The van der Waals surface area contributed by atoms with Crippen LogP contribution in [0, 0.1) is 6.92 Å². The quantitative estimate of drug-likeness (QED) is 0.536. The van der Waals surface area contributed by atoms with Gasteiger partial charge in [0.2, 0.25) is 0 Å². The Balaban J connectivity index is 0.00000200. The number of aryl methyl sites for hydroxylation is 1. The van der Waals surface area contributed by atoms with Crippen molar-refractivity contribution in [2.45, 2.75) is 13.3 Å². The Morgan fingerprint density at radius 2 is 2.20 bits per heavy atom. The lowest BCUT2D eigenvalue weighted by Crippen LogP contribution is -2.74. The Hall–Kier alpha value is -1.74. The molecule has 7 nitrogen and oxygen atoms in total. The second kappa shape index (κ2) is 7.15. The third-order valence-electron chi connectivity index (χ3n) is 2.71. The van der Waals surface area contributed by atoms with Crippen molar-refractivity contribution in [2.75, 3.05) is 5.75 Å². The van der Waals surface area contributed by atoms with E-state index >= 15 is 0 Å². The average molecular weight is 298 g/mol. The molecule has 0 spiro atoms. The molecule has 108 valence electrons. The smallest absolute Gasteiger partial charge is 0.313 e. The number of thioether (sulfide) groups is 1. The Labute approximate surface area is 119 Å². The minimum atomic E-state index is -0.867. The number of hydrogen-bond donors (Lipinski definition) is 3. The van der Waals surface area contributed by atoms with Gasteiger partial charge >= 0.3 is 5.97 Å².